The van der Waals surface area contributed by atoms with Crippen molar-refractivity contribution >= 4 is 28.3 Å². The smallest absolute Gasteiger partial charge is 0.231 e. The molecule has 8 heteroatoms. The summed E-state index contributed by atoms with van der Waals surface area (Å²) in [6.07, 6.45) is 0.195. The zero-order valence-corrected chi connectivity index (χ0v) is 15.7. The number of hydrogen-bond acceptors (Lipinski definition) is 6. The van der Waals surface area contributed by atoms with Crippen molar-refractivity contribution in [3.8, 4) is 22.8 Å². The molecular weight excluding hydrogens is 354 g/mol. The summed E-state index contributed by atoms with van der Waals surface area (Å²) in [5.74, 6) is 1.14. The molecule has 3 rings (SSSR count). The van der Waals surface area contributed by atoms with Crippen LogP contribution in [-0.2, 0) is 9.59 Å². The van der Waals surface area contributed by atoms with Crippen LogP contribution in [0.4, 0.5) is 5.13 Å². The minimum atomic E-state index is -0.467. The SMILES string of the molecule is CC(C)(C)C(=O)NCCC(=O)Nc1nc(-c2ccc3c(c2)OCO3)cs1. The molecule has 2 heterocycles. The average Bonchev–Trinajstić information content (AvgIpc) is 3.21. The number of anilines is 1. The summed E-state index contributed by atoms with van der Waals surface area (Å²) in [5, 5.41) is 7.90. The number of carbonyl (C=O) groups excluding carboxylic acids is 2. The molecule has 138 valence electrons. The maximum atomic E-state index is 12.0. The molecule has 0 spiro atoms. The first-order chi connectivity index (χ1) is 12.3. The highest BCUT2D eigenvalue weighted by atomic mass is 32.1. The highest BCUT2D eigenvalue weighted by molar-refractivity contribution is 7.14. The molecule has 0 saturated heterocycles. The lowest BCUT2D eigenvalue weighted by Crippen LogP contribution is -2.36. The number of amides is 2. The molecule has 1 aromatic heterocycles. The van der Waals surface area contributed by atoms with Gasteiger partial charge in [0.15, 0.2) is 16.6 Å². The lowest BCUT2D eigenvalue weighted by atomic mass is 9.96. The van der Waals surface area contributed by atoms with Crippen LogP contribution in [0.2, 0.25) is 0 Å². The second-order valence-corrected chi connectivity index (χ2v) is 7.77. The summed E-state index contributed by atoms with van der Waals surface area (Å²) in [7, 11) is 0. The number of carbonyl (C=O) groups is 2. The fourth-order valence-electron chi connectivity index (χ4n) is 2.26. The van der Waals surface area contributed by atoms with Crippen LogP contribution in [0.1, 0.15) is 27.2 Å². The Morgan fingerprint density at radius 3 is 2.77 bits per heavy atom. The fourth-order valence-corrected chi connectivity index (χ4v) is 2.99. The van der Waals surface area contributed by atoms with E-state index in [9.17, 15) is 9.59 Å². The third-order valence-corrected chi connectivity index (χ3v) is 4.50. The second-order valence-electron chi connectivity index (χ2n) is 6.91. The van der Waals surface area contributed by atoms with E-state index in [1.54, 1.807) is 0 Å². The molecule has 0 radical (unpaired) electrons. The Hall–Kier alpha value is -2.61. The first-order valence-electron chi connectivity index (χ1n) is 8.26. The number of benzene rings is 1. The molecule has 2 N–H and O–H groups in total. The lowest BCUT2D eigenvalue weighted by Gasteiger charge is -2.17. The molecule has 1 aromatic carbocycles. The Morgan fingerprint density at radius 1 is 1.23 bits per heavy atom. The molecule has 0 aliphatic carbocycles. The van der Waals surface area contributed by atoms with Gasteiger partial charge in [0.2, 0.25) is 18.6 Å². The van der Waals surface area contributed by atoms with E-state index < -0.39 is 5.41 Å². The van der Waals surface area contributed by atoms with E-state index in [1.807, 2.05) is 44.4 Å². The number of nitrogens with zero attached hydrogens (tertiary/aromatic N) is 1. The summed E-state index contributed by atoms with van der Waals surface area (Å²) in [6, 6.07) is 5.61. The third kappa shape index (κ3) is 4.32. The molecule has 0 saturated carbocycles. The molecule has 1 aliphatic rings. The minimum absolute atomic E-state index is 0.0790. The number of rotatable bonds is 5. The number of aromatic nitrogens is 1. The van der Waals surface area contributed by atoms with Gasteiger partial charge in [0.05, 0.1) is 5.69 Å². The Labute approximate surface area is 155 Å². The van der Waals surface area contributed by atoms with E-state index in [4.69, 9.17) is 9.47 Å². The van der Waals surface area contributed by atoms with Gasteiger partial charge in [-0.3, -0.25) is 9.59 Å². The van der Waals surface area contributed by atoms with Gasteiger partial charge in [-0.2, -0.15) is 0 Å². The van der Waals surface area contributed by atoms with Crippen LogP contribution < -0.4 is 20.1 Å². The van der Waals surface area contributed by atoms with Crippen LogP contribution in [0.5, 0.6) is 11.5 Å². The van der Waals surface area contributed by atoms with Crippen LogP contribution >= 0.6 is 11.3 Å². The second kappa shape index (κ2) is 7.33. The first kappa shape index (κ1) is 18.2. The van der Waals surface area contributed by atoms with E-state index >= 15 is 0 Å². The summed E-state index contributed by atoms with van der Waals surface area (Å²) >= 11 is 1.35. The van der Waals surface area contributed by atoms with Gasteiger partial charge in [-0.05, 0) is 18.2 Å². The van der Waals surface area contributed by atoms with Crippen molar-refractivity contribution in [1.82, 2.24) is 10.3 Å². The highest BCUT2D eigenvalue weighted by Crippen LogP contribution is 2.36. The number of ether oxygens (including phenoxy) is 2. The molecule has 0 unspecified atom stereocenters. The molecule has 2 amide bonds. The maximum absolute atomic E-state index is 12.0. The number of thiazole rings is 1. The van der Waals surface area contributed by atoms with Gasteiger partial charge in [0.1, 0.15) is 0 Å². The molecular formula is C18H21N3O4S. The number of fused-ring (bicyclic) bond motifs is 1. The molecule has 0 bridgehead atoms. The van der Waals surface area contributed by atoms with Gasteiger partial charge in [0.25, 0.3) is 0 Å². The Balaban J connectivity index is 1.53. The van der Waals surface area contributed by atoms with Crippen molar-refractivity contribution in [3.63, 3.8) is 0 Å². The van der Waals surface area contributed by atoms with Crippen molar-refractivity contribution in [1.29, 1.82) is 0 Å². The van der Waals surface area contributed by atoms with Crippen LogP contribution in [-0.4, -0.2) is 30.1 Å². The zero-order valence-electron chi connectivity index (χ0n) is 14.9. The van der Waals surface area contributed by atoms with Crippen molar-refractivity contribution in [3.05, 3.63) is 23.6 Å². The Morgan fingerprint density at radius 2 is 2.00 bits per heavy atom. The first-order valence-corrected chi connectivity index (χ1v) is 9.14. The van der Waals surface area contributed by atoms with Gasteiger partial charge in [0, 0.05) is 29.3 Å². The molecule has 7 nitrogen and oxygen atoms in total. The van der Waals surface area contributed by atoms with Crippen molar-refractivity contribution in [2.24, 2.45) is 5.41 Å². The quantitative estimate of drug-likeness (QED) is 0.838. The molecule has 2 aromatic rings. The summed E-state index contributed by atoms with van der Waals surface area (Å²) in [5.41, 5.74) is 1.18. The van der Waals surface area contributed by atoms with Crippen LogP contribution in [0.15, 0.2) is 23.6 Å². The van der Waals surface area contributed by atoms with E-state index in [0.717, 1.165) is 17.0 Å². The monoisotopic (exact) mass is 375 g/mol. The van der Waals surface area contributed by atoms with Crippen molar-refractivity contribution in [2.45, 2.75) is 27.2 Å². The largest absolute Gasteiger partial charge is 0.454 e. The Kier molecular flexibility index (Phi) is 5.13. The van der Waals surface area contributed by atoms with E-state index in [0.29, 0.717) is 17.4 Å². The predicted molar refractivity (Wildman–Crippen MR) is 99.4 cm³/mol. The molecule has 0 fully saturated rings. The maximum Gasteiger partial charge on any atom is 0.231 e. The summed E-state index contributed by atoms with van der Waals surface area (Å²) in [4.78, 5) is 28.2. The highest BCUT2D eigenvalue weighted by Gasteiger charge is 2.20. The van der Waals surface area contributed by atoms with Gasteiger partial charge in [-0.15, -0.1) is 11.3 Å². The van der Waals surface area contributed by atoms with Crippen molar-refractivity contribution in [2.75, 3.05) is 18.7 Å². The Bertz CT molecular complexity index is 826. The normalized spacial score (nSPS) is 12.7. The standard InChI is InChI=1S/C18H21N3O4S/c1-18(2,3)16(23)19-7-6-15(22)21-17-20-12(9-26-17)11-4-5-13-14(8-11)25-10-24-13/h4-5,8-9H,6-7,10H2,1-3H3,(H,19,23)(H,20,21,22). The van der Waals surface area contributed by atoms with Gasteiger partial charge in [-0.1, -0.05) is 20.8 Å². The predicted octanol–water partition coefficient (Wildman–Crippen LogP) is 3.03. The average molecular weight is 375 g/mol. The van der Waals surface area contributed by atoms with E-state index in [-0.39, 0.29) is 25.0 Å². The molecule has 1 aliphatic heterocycles. The summed E-state index contributed by atoms with van der Waals surface area (Å²) in [6.45, 7) is 6.01. The van der Waals surface area contributed by atoms with Gasteiger partial charge in [-0.25, -0.2) is 4.98 Å². The summed E-state index contributed by atoms with van der Waals surface area (Å²) < 4.78 is 10.7. The number of nitrogens with one attached hydrogen (secondary N) is 2. The van der Waals surface area contributed by atoms with Crippen LogP contribution in [0.25, 0.3) is 11.3 Å². The van der Waals surface area contributed by atoms with Gasteiger partial charge >= 0.3 is 0 Å². The third-order valence-electron chi connectivity index (χ3n) is 3.74. The zero-order chi connectivity index (χ0) is 18.7. The minimum Gasteiger partial charge on any atom is -0.454 e. The topological polar surface area (TPSA) is 89.6 Å². The van der Waals surface area contributed by atoms with Crippen molar-refractivity contribution < 1.29 is 19.1 Å². The van der Waals surface area contributed by atoms with Crippen LogP contribution in [0.3, 0.4) is 0 Å². The number of hydrogen-bond donors (Lipinski definition) is 2. The molecule has 0 atom stereocenters. The molecule has 26 heavy (non-hydrogen) atoms. The lowest BCUT2D eigenvalue weighted by molar-refractivity contribution is -0.128. The van der Waals surface area contributed by atoms with E-state index in [2.05, 4.69) is 15.6 Å². The van der Waals surface area contributed by atoms with Crippen LogP contribution in [0, 0.1) is 5.41 Å². The fraction of sp³-hybridized carbons (Fsp3) is 0.389. The van der Waals surface area contributed by atoms with Gasteiger partial charge < -0.3 is 20.1 Å². The van der Waals surface area contributed by atoms with E-state index in [1.165, 1.54) is 11.3 Å².